The number of esters is 1. The lowest BCUT2D eigenvalue weighted by Crippen LogP contribution is -2.26. The zero-order chi connectivity index (χ0) is 27.4. The Morgan fingerprint density at radius 3 is 2.68 bits per heavy atom. The lowest BCUT2D eigenvalue weighted by atomic mass is 9.88. The van der Waals surface area contributed by atoms with E-state index in [1.165, 1.54) is 24.4 Å². The average molecular weight is 670 g/mol. The van der Waals surface area contributed by atoms with Crippen LogP contribution in [0.25, 0.3) is 10.9 Å². The molecular formula is C27H28Br2ClN3O5. The molecule has 0 amide bonds. The van der Waals surface area contributed by atoms with E-state index in [0.29, 0.717) is 32.5 Å². The molecule has 1 aliphatic rings. The zero-order valence-corrected chi connectivity index (χ0v) is 25.2. The summed E-state index contributed by atoms with van der Waals surface area (Å²) in [5, 5.41) is 5.26. The number of carbonyl (C=O) groups excluding carboxylic acids is 1. The second kappa shape index (κ2) is 12.6. The first-order valence-electron chi connectivity index (χ1n) is 12.4. The second-order valence-electron chi connectivity index (χ2n) is 8.97. The molecule has 1 saturated carbocycles. The summed E-state index contributed by atoms with van der Waals surface area (Å²) in [5.41, 5.74) is 0.956. The number of fused-ring (bicyclic) bond motifs is 1. The lowest BCUT2D eigenvalue weighted by molar-refractivity contribution is -0.150. The van der Waals surface area contributed by atoms with Gasteiger partial charge >= 0.3 is 5.97 Å². The smallest absolute Gasteiger partial charge is 0.347 e. The zero-order valence-electron chi connectivity index (χ0n) is 21.3. The molecule has 0 aliphatic heterocycles. The Morgan fingerprint density at radius 1 is 1.26 bits per heavy atom. The Kier molecular flexibility index (Phi) is 9.49. The van der Waals surface area contributed by atoms with E-state index in [4.69, 9.17) is 30.8 Å². The van der Waals surface area contributed by atoms with Gasteiger partial charge in [-0.25, -0.2) is 9.78 Å². The Morgan fingerprint density at radius 2 is 2.00 bits per heavy atom. The third kappa shape index (κ3) is 6.07. The minimum absolute atomic E-state index is 0.142. The highest BCUT2D eigenvalue weighted by molar-refractivity contribution is 9.10. The molecule has 11 heteroatoms. The van der Waals surface area contributed by atoms with E-state index >= 15 is 0 Å². The molecule has 0 saturated heterocycles. The van der Waals surface area contributed by atoms with Gasteiger partial charge in [-0.15, -0.1) is 0 Å². The number of nitrogens with zero attached hydrogens (tertiary/aromatic N) is 3. The third-order valence-corrected chi connectivity index (χ3v) is 8.34. The van der Waals surface area contributed by atoms with Crippen molar-refractivity contribution in [2.45, 2.75) is 58.0 Å². The number of halogens is 3. The predicted molar refractivity (Wildman–Crippen MR) is 155 cm³/mol. The van der Waals surface area contributed by atoms with E-state index in [2.05, 4.69) is 37.0 Å². The fraction of sp³-hybridized carbons (Fsp3) is 0.407. The molecule has 202 valence electrons. The number of rotatable bonds is 8. The molecule has 3 aromatic rings. The molecule has 1 aromatic heterocycles. The Hall–Kier alpha value is -2.43. The van der Waals surface area contributed by atoms with E-state index < -0.39 is 12.1 Å². The van der Waals surface area contributed by atoms with Gasteiger partial charge in [0.2, 0.25) is 0 Å². The Balaban J connectivity index is 1.78. The molecule has 2 aromatic carbocycles. The summed E-state index contributed by atoms with van der Waals surface area (Å²) in [6.45, 7) is 3.53. The van der Waals surface area contributed by atoms with E-state index in [1.54, 1.807) is 26.0 Å². The van der Waals surface area contributed by atoms with E-state index in [-0.39, 0.29) is 28.9 Å². The highest BCUT2D eigenvalue weighted by atomic mass is 79.9. The van der Waals surface area contributed by atoms with Crippen molar-refractivity contribution in [2.75, 3.05) is 13.7 Å². The molecule has 1 fully saturated rings. The van der Waals surface area contributed by atoms with E-state index in [1.807, 2.05) is 12.1 Å². The summed E-state index contributed by atoms with van der Waals surface area (Å²) in [5.74, 6) is 0.770. The van der Waals surface area contributed by atoms with Crippen LogP contribution >= 0.6 is 43.5 Å². The highest BCUT2D eigenvalue weighted by Gasteiger charge is 2.25. The molecule has 1 atom stereocenters. The van der Waals surface area contributed by atoms with Crippen LogP contribution in [-0.4, -0.2) is 41.7 Å². The normalized spacial score (nSPS) is 15.1. The summed E-state index contributed by atoms with van der Waals surface area (Å²) in [6.07, 6.45) is 5.91. The summed E-state index contributed by atoms with van der Waals surface area (Å²) in [4.78, 5) is 30.5. The SMILES string of the molecule is CCOC(=O)[C@@H](C)Oc1c(OC)cc(C=Nn2c(C3CCCCC3)nc3ccc(Br)cc3c2=O)c(Br)c1Cl. The van der Waals surface area contributed by atoms with Gasteiger partial charge < -0.3 is 14.2 Å². The first kappa shape index (κ1) is 28.6. The van der Waals surface area contributed by atoms with Gasteiger partial charge in [0.1, 0.15) is 10.8 Å². The van der Waals surface area contributed by atoms with Gasteiger partial charge in [0.15, 0.2) is 17.6 Å². The maximum absolute atomic E-state index is 13.6. The van der Waals surface area contributed by atoms with Gasteiger partial charge in [0.25, 0.3) is 5.56 Å². The van der Waals surface area contributed by atoms with Gasteiger partial charge in [0, 0.05) is 20.4 Å². The number of ether oxygens (including phenoxy) is 3. The summed E-state index contributed by atoms with van der Waals surface area (Å²) in [7, 11) is 1.47. The summed E-state index contributed by atoms with van der Waals surface area (Å²) in [6, 6.07) is 7.15. The summed E-state index contributed by atoms with van der Waals surface area (Å²) < 4.78 is 19.0. The maximum atomic E-state index is 13.6. The van der Waals surface area contributed by atoms with E-state index in [9.17, 15) is 9.59 Å². The van der Waals surface area contributed by atoms with Crippen LogP contribution < -0.4 is 15.0 Å². The van der Waals surface area contributed by atoms with Crippen molar-refractivity contribution >= 4 is 66.5 Å². The number of carbonyl (C=O) groups is 1. The largest absolute Gasteiger partial charge is 0.493 e. The second-order valence-corrected chi connectivity index (χ2v) is 11.1. The van der Waals surface area contributed by atoms with Crippen LogP contribution in [0.3, 0.4) is 0 Å². The minimum Gasteiger partial charge on any atom is -0.493 e. The van der Waals surface area contributed by atoms with Gasteiger partial charge in [-0.05, 0) is 66.9 Å². The molecular weight excluding hydrogens is 642 g/mol. The average Bonchev–Trinajstić information content (AvgIpc) is 2.92. The Labute approximate surface area is 242 Å². The number of hydrogen-bond acceptors (Lipinski definition) is 7. The van der Waals surface area contributed by atoms with Crippen molar-refractivity contribution in [1.82, 2.24) is 9.66 Å². The number of hydrogen-bond donors (Lipinski definition) is 0. The fourth-order valence-electron chi connectivity index (χ4n) is 4.47. The predicted octanol–water partition coefficient (Wildman–Crippen LogP) is 6.84. The minimum atomic E-state index is -0.896. The molecule has 1 aliphatic carbocycles. The lowest BCUT2D eigenvalue weighted by Gasteiger charge is -2.23. The molecule has 4 rings (SSSR count). The molecule has 0 N–H and O–H groups in total. The van der Waals surface area contributed by atoms with Crippen LogP contribution in [0.5, 0.6) is 11.5 Å². The molecule has 0 spiro atoms. The van der Waals surface area contributed by atoms with Crippen LogP contribution in [0, 0.1) is 0 Å². The van der Waals surface area contributed by atoms with Crippen molar-refractivity contribution in [3.63, 3.8) is 0 Å². The molecule has 1 heterocycles. The topological polar surface area (TPSA) is 92.0 Å². The first-order chi connectivity index (χ1) is 18.2. The standard InChI is InChI=1S/C27H28Br2ClN3O5/c1-4-37-27(35)15(2)38-24-21(36-3)12-17(22(29)23(24)30)14-31-33-25(16-8-6-5-7-9-16)32-20-11-10-18(28)13-19(20)26(33)34/h10-16H,4-9H2,1-3H3/t15-/m1/s1. The van der Waals surface area contributed by atoms with E-state index in [0.717, 1.165) is 30.2 Å². The fourth-order valence-corrected chi connectivity index (χ4v) is 5.47. The highest BCUT2D eigenvalue weighted by Crippen LogP contribution is 2.42. The third-order valence-electron chi connectivity index (χ3n) is 6.40. The number of aromatic nitrogens is 2. The van der Waals surface area contributed by atoms with Gasteiger partial charge in [0.05, 0.1) is 30.8 Å². The van der Waals surface area contributed by atoms with Crippen LogP contribution in [0.2, 0.25) is 5.02 Å². The van der Waals surface area contributed by atoms with Crippen molar-refractivity contribution in [3.05, 3.63) is 60.0 Å². The monoisotopic (exact) mass is 667 g/mol. The molecule has 0 unspecified atom stereocenters. The van der Waals surface area contributed by atoms with Crippen molar-refractivity contribution in [1.29, 1.82) is 0 Å². The van der Waals surface area contributed by atoms with Crippen LogP contribution in [-0.2, 0) is 9.53 Å². The van der Waals surface area contributed by atoms with Crippen LogP contribution in [0.4, 0.5) is 0 Å². The summed E-state index contributed by atoms with van der Waals surface area (Å²) >= 11 is 13.6. The number of benzene rings is 2. The first-order valence-corrected chi connectivity index (χ1v) is 14.4. The quantitative estimate of drug-likeness (QED) is 0.193. The van der Waals surface area contributed by atoms with Gasteiger partial charge in [-0.3, -0.25) is 4.79 Å². The van der Waals surface area contributed by atoms with Crippen molar-refractivity contribution < 1.29 is 19.0 Å². The number of methoxy groups -OCH3 is 1. The molecule has 38 heavy (non-hydrogen) atoms. The molecule has 0 bridgehead atoms. The molecule has 8 nitrogen and oxygen atoms in total. The van der Waals surface area contributed by atoms with Crippen molar-refractivity contribution in [2.24, 2.45) is 5.10 Å². The van der Waals surface area contributed by atoms with Crippen LogP contribution in [0.15, 0.2) is 43.1 Å². The van der Waals surface area contributed by atoms with Gasteiger partial charge in [-0.2, -0.15) is 9.78 Å². The Bertz CT molecular complexity index is 1440. The molecule has 0 radical (unpaired) electrons. The van der Waals surface area contributed by atoms with Gasteiger partial charge in [-0.1, -0.05) is 46.8 Å². The van der Waals surface area contributed by atoms with Crippen LogP contribution in [0.1, 0.15) is 63.3 Å². The van der Waals surface area contributed by atoms with Crippen molar-refractivity contribution in [3.8, 4) is 11.5 Å². The maximum Gasteiger partial charge on any atom is 0.347 e.